The predicted octanol–water partition coefficient (Wildman–Crippen LogP) is 1.46. The molecule has 1 N–H and O–H groups in total. The summed E-state index contributed by atoms with van der Waals surface area (Å²) in [6.45, 7) is 4.67. The molecule has 1 saturated carbocycles. The van der Waals surface area contributed by atoms with Crippen molar-refractivity contribution in [3.63, 3.8) is 0 Å². The lowest BCUT2D eigenvalue weighted by atomic mass is 10.0. The van der Waals surface area contributed by atoms with Crippen LogP contribution in [0.5, 0.6) is 0 Å². The fourth-order valence-electron chi connectivity index (χ4n) is 3.04. The van der Waals surface area contributed by atoms with Crippen LogP contribution in [-0.2, 0) is 14.3 Å². The second-order valence-corrected chi connectivity index (χ2v) is 6.18. The normalized spacial score (nSPS) is 28.8. The second-order valence-electron chi connectivity index (χ2n) is 6.18. The van der Waals surface area contributed by atoms with Crippen molar-refractivity contribution in [1.82, 2.24) is 10.2 Å². The first-order chi connectivity index (χ1) is 9.51. The molecule has 114 valence electrons. The first-order valence-corrected chi connectivity index (χ1v) is 7.72. The molecular weight excluding hydrogens is 256 g/mol. The Morgan fingerprint density at radius 1 is 1.20 bits per heavy atom. The third-order valence-corrected chi connectivity index (χ3v) is 4.39. The third kappa shape index (κ3) is 3.72. The highest BCUT2D eigenvalue weighted by molar-refractivity contribution is 5.86. The maximum absolute atomic E-state index is 12.5. The standard InChI is InChI=1S/C15H26N2O3/c1-12(18)17-9-10-20-15(2,11-17)14(19)16-13-7-5-3-4-6-8-13/h13H,3-11H2,1-2H3,(H,16,19)/t15-/m1/s1. The Kier molecular flexibility index (Phi) is 5.02. The molecule has 2 rings (SSSR count). The zero-order valence-corrected chi connectivity index (χ0v) is 12.6. The highest BCUT2D eigenvalue weighted by atomic mass is 16.5. The van der Waals surface area contributed by atoms with E-state index in [-0.39, 0.29) is 17.9 Å². The molecule has 0 aromatic carbocycles. The van der Waals surface area contributed by atoms with Crippen LogP contribution in [0, 0.1) is 0 Å². The summed E-state index contributed by atoms with van der Waals surface area (Å²) in [7, 11) is 0. The molecule has 0 bridgehead atoms. The Labute approximate surface area is 121 Å². The summed E-state index contributed by atoms with van der Waals surface area (Å²) >= 11 is 0. The van der Waals surface area contributed by atoms with Crippen LogP contribution in [0.1, 0.15) is 52.4 Å². The zero-order valence-electron chi connectivity index (χ0n) is 12.6. The van der Waals surface area contributed by atoms with Crippen molar-refractivity contribution >= 4 is 11.8 Å². The van der Waals surface area contributed by atoms with Crippen molar-refractivity contribution in [3.05, 3.63) is 0 Å². The van der Waals surface area contributed by atoms with Gasteiger partial charge in [-0.05, 0) is 19.8 Å². The molecule has 1 aliphatic carbocycles. The monoisotopic (exact) mass is 282 g/mol. The van der Waals surface area contributed by atoms with Crippen LogP contribution in [0.15, 0.2) is 0 Å². The molecule has 0 aromatic rings. The summed E-state index contributed by atoms with van der Waals surface area (Å²) in [5.41, 5.74) is -0.907. The first kappa shape index (κ1) is 15.3. The van der Waals surface area contributed by atoms with Gasteiger partial charge in [0.2, 0.25) is 5.91 Å². The van der Waals surface area contributed by atoms with Gasteiger partial charge < -0.3 is 15.0 Å². The van der Waals surface area contributed by atoms with Gasteiger partial charge in [-0.2, -0.15) is 0 Å². The van der Waals surface area contributed by atoms with Crippen molar-refractivity contribution in [2.45, 2.75) is 64.0 Å². The smallest absolute Gasteiger partial charge is 0.254 e. The molecule has 1 atom stereocenters. The Morgan fingerprint density at radius 2 is 1.85 bits per heavy atom. The van der Waals surface area contributed by atoms with Crippen LogP contribution >= 0.6 is 0 Å². The van der Waals surface area contributed by atoms with E-state index in [9.17, 15) is 9.59 Å². The Bertz CT molecular complexity index is 364. The van der Waals surface area contributed by atoms with E-state index in [1.165, 1.54) is 32.6 Å². The van der Waals surface area contributed by atoms with Gasteiger partial charge in [0.05, 0.1) is 13.2 Å². The first-order valence-electron chi connectivity index (χ1n) is 7.72. The number of rotatable bonds is 2. The second kappa shape index (κ2) is 6.57. The lowest BCUT2D eigenvalue weighted by molar-refractivity contribution is -0.162. The van der Waals surface area contributed by atoms with Crippen molar-refractivity contribution in [1.29, 1.82) is 0 Å². The fraction of sp³-hybridized carbons (Fsp3) is 0.867. The van der Waals surface area contributed by atoms with Gasteiger partial charge in [-0.25, -0.2) is 0 Å². The lowest BCUT2D eigenvalue weighted by Gasteiger charge is -2.39. The van der Waals surface area contributed by atoms with E-state index in [0.717, 1.165) is 12.8 Å². The summed E-state index contributed by atoms with van der Waals surface area (Å²) in [5.74, 6) is -0.0721. The SMILES string of the molecule is CC(=O)N1CCO[C@@](C)(C(=O)NC2CCCCCC2)C1. The molecule has 0 spiro atoms. The number of amides is 2. The highest BCUT2D eigenvalue weighted by Gasteiger charge is 2.40. The van der Waals surface area contributed by atoms with E-state index in [4.69, 9.17) is 4.74 Å². The van der Waals surface area contributed by atoms with Crippen LogP contribution in [0.4, 0.5) is 0 Å². The predicted molar refractivity (Wildman–Crippen MR) is 76.2 cm³/mol. The van der Waals surface area contributed by atoms with Crippen LogP contribution in [-0.4, -0.2) is 48.1 Å². The molecule has 1 aliphatic heterocycles. The Morgan fingerprint density at radius 3 is 2.45 bits per heavy atom. The Hall–Kier alpha value is -1.10. The minimum absolute atomic E-state index is 0.00166. The van der Waals surface area contributed by atoms with Gasteiger partial charge in [0.25, 0.3) is 5.91 Å². The Balaban J connectivity index is 1.94. The van der Waals surface area contributed by atoms with Crippen LogP contribution in [0.2, 0.25) is 0 Å². The van der Waals surface area contributed by atoms with E-state index in [0.29, 0.717) is 19.7 Å². The number of carbonyl (C=O) groups is 2. The van der Waals surface area contributed by atoms with Crippen molar-refractivity contribution in [2.24, 2.45) is 0 Å². The number of carbonyl (C=O) groups excluding carboxylic acids is 2. The topological polar surface area (TPSA) is 58.6 Å². The van der Waals surface area contributed by atoms with E-state index < -0.39 is 5.60 Å². The molecule has 0 aromatic heterocycles. The minimum atomic E-state index is -0.907. The lowest BCUT2D eigenvalue weighted by Crippen LogP contribution is -2.60. The largest absolute Gasteiger partial charge is 0.362 e. The molecule has 5 nitrogen and oxygen atoms in total. The molecule has 0 unspecified atom stereocenters. The maximum Gasteiger partial charge on any atom is 0.254 e. The molecule has 2 fully saturated rings. The van der Waals surface area contributed by atoms with Gasteiger partial charge in [0.1, 0.15) is 0 Å². The number of morpholine rings is 1. The number of nitrogens with one attached hydrogen (secondary N) is 1. The average molecular weight is 282 g/mol. The highest BCUT2D eigenvalue weighted by Crippen LogP contribution is 2.21. The summed E-state index contributed by atoms with van der Waals surface area (Å²) in [6, 6.07) is 0.262. The van der Waals surface area contributed by atoms with Gasteiger partial charge >= 0.3 is 0 Å². The summed E-state index contributed by atoms with van der Waals surface area (Å²) in [5, 5.41) is 3.13. The van der Waals surface area contributed by atoms with Crippen molar-refractivity contribution in [3.8, 4) is 0 Å². The molecule has 1 saturated heterocycles. The number of nitrogens with zero attached hydrogens (tertiary/aromatic N) is 1. The quantitative estimate of drug-likeness (QED) is 0.780. The summed E-state index contributed by atoms with van der Waals surface area (Å²) in [6.07, 6.45) is 7.00. The average Bonchev–Trinajstić information content (AvgIpc) is 2.67. The van der Waals surface area contributed by atoms with Gasteiger partial charge in [0.15, 0.2) is 5.60 Å². The third-order valence-electron chi connectivity index (χ3n) is 4.39. The minimum Gasteiger partial charge on any atom is -0.362 e. The van der Waals surface area contributed by atoms with Crippen LogP contribution in [0.25, 0.3) is 0 Å². The molecule has 1 heterocycles. The van der Waals surface area contributed by atoms with Crippen LogP contribution < -0.4 is 5.32 Å². The summed E-state index contributed by atoms with van der Waals surface area (Å²) in [4.78, 5) is 25.7. The summed E-state index contributed by atoms with van der Waals surface area (Å²) < 4.78 is 5.67. The molecule has 2 aliphatic rings. The van der Waals surface area contributed by atoms with Gasteiger partial charge in [-0.1, -0.05) is 25.7 Å². The van der Waals surface area contributed by atoms with E-state index in [2.05, 4.69) is 5.32 Å². The van der Waals surface area contributed by atoms with Crippen molar-refractivity contribution in [2.75, 3.05) is 19.7 Å². The van der Waals surface area contributed by atoms with Crippen LogP contribution in [0.3, 0.4) is 0 Å². The van der Waals surface area contributed by atoms with Gasteiger partial charge in [-0.3, -0.25) is 9.59 Å². The molecule has 5 heteroatoms. The van der Waals surface area contributed by atoms with E-state index >= 15 is 0 Å². The van der Waals surface area contributed by atoms with E-state index in [1.807, 2.05) is 0 Å². The van der Waals surface area contributed by atoms with Gasteiger partial charge in [0, 0.05) is 19.5 Å². The molecule has 0 radical (unpaired) electrons. The number of hydrogen-bond acceptors (Lipinski definition) is 3. The maximum atomic E-state index is 12.5. The fourth-order valence-corrected chi connectivity index (χ4v) is 3.04. The molecule has 20 heavy (non-hydrogen) atoms. The van der Waals surface area contributed by atoms with Crippen molar-refractivity contribution < 1.29 is 14.3 Å². The van der Waals surface area contributed by atoms with E-state index in [1.54, 1.807) is 11.8 Å². The molecule has 2 amide bonds. The number of hydrogen-bond donors (Lipinski definition) is 1. The van der Waals surface area contributed by atoms with Gasteiger partial charge in [-0.15, -0.1) is 0 Å². The zero-order chi connectivity index (χ0) is 14.6. The number of ether oxygens (including phenoxy) is 1. The molecular formula is C15H26N2O3.